The fraction of sp³-hybridized carbons (Fsp3) is 0.545. The number of aromatic nitrogens is 2. The zero-order valence-electron chi connectivity index (χ0n) is 17.4. The number of aryl methyl sites for hydroxylation is 1. The van der Waals surface area contributed by atoms with E-state index in [1.165, 1.54) is 12.8 Å². The van der Waals surface area contributed by atoms with Gasteiger partial charge in [-0.25, -0.2) is 0 Å². The summed E-state index contributed by atoms with van der Waals surface area (Å²) < 4.78 is 1.69. The van der Waals surface area contributed by atoms with Gasteiger partial charge in [0.15, 0.2) is 0 Å². The number of halogens is 1. The molecule has 1 aromatic carbocycles. The summed E-state index contributed by atoms with van der Waals surface area (Å²) in [5, 5.41) is 27.9. The lowest BCUT2D eigenvalue weighted by atomic mass is 9.98. The van der Waals surface area contributed by atoms with E-state index in [4.69, 9.17) is 17.3 Å². The van der Waals surface area contributed by atoms with Crippen LogP contribution in [0.3, 0.4) is 0 Å². The third-order valence-electron chi connectivity index (χ3n) is 5.77. The molecule has 0 aliphatic heterocycles. The highest BCUT2D eigenvalue weighted by Crippen LogP contribution is 2.27. The second-order valence-corrected chi connectivity index (χ2v) is 8.51. The molecule has 8 heteroatoms. The Balaban J connectivity index is 1.76. The lowest BCUT2D eigenvalue weighted by Crippen LogP contribution is -2.40. The van der Waals surface area contributed by atoms with Crippen molar-refractivity contribution in [2.75, 3.05) is 6.54 Å². The van der Waals surface area contributed by atoms with Gasteiger partial charge in [-0.3, -0.25) is 9.48 Å². The molecule has 1 aromatic heterocycles. The number of carbonyl (C=O) groups is 1. The van der Waals surface area contributed by atoms with Gasteiger partial charge in [-0.05, 0) is 38.0 Å². The molecular formula is C22H31ClN4O3. The van der Waals surface area contributed by atoms with Crippen molar-refractivity contribution in [2.24, 2.45) is 11.7 Å². The molecule has 3 rings (SSSR count). The van der Waals surface area contributed by atoms with E-state index in [2.05, 4.69) is 10.4 Å². The maximum absolute atomic E-state index is 12.8. The van der Waals surface area contributed by atoms with Gasteiger partial charge in [-0.1, -0.05) is 43.4 Å². The predicted octanol–water partition coefficient (Wildman–Crippen LogP) is 2.85. The summed E-state index contributed by atoms with van der Waals surface area (Å²) in [5.74, 6) is -0.320. The molecule has 1 heterocycles. The minimum absolute atomic E-state index is 0.0747. The van der Waals surface area contributed by atoms with Crippen molar-refractivity contribution < 1.29 is 15.0 Å². The summed E-state index contributed by atoms with van der Waals surface area (Å²) in [6.07, 6.45) is 4.80. The molecule has 1 fully saturated rings. The van der Waals surface area contributed by atoms with E-state index in [-0.39, 0.29) is 12.5 Å². The van der Waals surface area contributed by atoms with Crippen LogP contribution in [0, 0.1) is 12.8 Å². The van der Waals surface area contributed by atoms with Crippen LogP contribution in [0.2, 0.25) is 5.02 Å². The number of amides is 1. The van der Waals surface area contributed by atoms with Gasteiger partial charge in [0.05, 0.1) is 28.9 Å². The van der Waals surface area contributed by atoms with E-state index in [9.17, 15) is 15.0 Å². The molecule has 164 valence electrons. The second-order valence-electron chi connectivity index (χ2n) is 8.11. The fourth-order valence-electron chi connectivity index (χ4n) is 3.93. The van der Waals surface area contributed by atoms with Crippen molar-refractivity contribution in [3.05, 3.63) is 40.5 Å². The normalized spacial score (nSPS) is 17.4. The lowest BCUT2D eigenvalue weighted by molar-refractivity contribution is 0.0532. The summed E-state index contributed by atoms with van der Waals surface area (Å²) in [7, 11) is 0. The van der Waals surface area contributed by atoms with E-state index >= 15 is 0 Å². The number of nitrogens with one attached hydrogen (secondary N) is 1. The first kappa shape index (κ1) is 22.7. The average molecular weight is 435 g/mol. The molecule has 1 aliphatic rings. The van der Waals surface area contributed by atoms with Crippen LogP contribution in [0.25, 0.3) is 11.3 Å². The SMILES string of the molecule is Cc1cc(-c2ccc(Cl)c(C(=O)NC(O)C3CCCCCC3)c2)nn1CC(O)CN. The monoisotopic (exact) mass is 434 g/mol. The number of hydrogen-bond donors (Lipinski definition) is 4. The molecule has 2 unspecified atom stereocenters. The van der Waals surface area contributed by atoms with Gasteiger partial charge < -0.3 is 21.3 Å². The van der Waals surface area contributed by atoms with Crippen LogP contribution in [0.1, 0.15) is 54.6 Å². The van der Waals surface area contributed by atoms with Gasteiger partial charge in [0, 0.05) is 23.7 Å². The third kappa shape index (κ3) is 5.60. The number of benzene rings is 1. The summed E-state index contributed by atoms with van der Waals surface area (Å²) >= 11 is 6.28. The van der Waals surface area contributed by atoms with Crippen LogP contribution in [0.4, 0.5) is 0 Å². The van der Waals surface area contributed by atoms with Crippen LogP contribution < -0.4 is 11.1 Å². The number of aliphatic hydroxyl groups is 2. The molecule has 2 atom stereocenters. The van der Waals surface area contributed by atoms with E-state index in [1.54, 1.807) is 22.9 Å². The van der Waals surface area contributed by atoms with Crippen molar-refractivity contribution in [1.29, 1.82) is 0 Å². The molecule has 5 N–H and O–H groups in total. The molecule has 1 saturated carbocycles. The Morgan fingerprint density at radius 3 is 2.63 bits per heavy atom. The Hall–Kier alpha value is -1.93. The first-order valence-electron chi connectivity index (χ1n) is 10.6. The van der Waals surface area contributed by atoms with Crippen LogP contribution in [0.5, 0.6) is 0 Å². The number of nitrogens with zero attached hydrogens (tertiary/aromatic N) is 2. The topological polar surface area (TPSA) is 113 Å². The maximum Gasteiger partial charge on any atom is 0.254 e. The van der Waals surface area contributed by atoms with Crippen molar-refractivity contribution in [3.8, 4) is 11.3 Å². The molecule has 0 radical (unpaired) electrons. The Kier molecular flexibility index (Phi) is 7.88. The minimum atomic E-state index is -0.880. The zero-order chi connectivity index (χ0) is 21.7. The summed E-state index contributed by atoms with van der Waals surface area (Å²) in [5.41, 5.74) is 8.07. The first-order chi connectivity index (χ1) is 14.4. The van der Waals surface area contributed by atoms with E-state index in [0.717, 1.165) is 36.9 Å². The first-order valence-corrected chi connectivity index (χ1v) is 11.0. The molecule has 30 heavy (non-hydrogen) atoms. The highest BCUT2D eigenvalue weighted by Gasteiger charge is 2.24. The predicted molar refractivity (Wildman–Crippen MR) is 117 cm³/mol. The molecule has 7 nitrogen and oxygen atoms in total. The van der Waals surface area contributed by atoms with Gasteiger partial charge in [-0.15, -0.1) is 0 Å². The molecule has 0 bridgehead atoms. The van der Waals surface area contributed by atoms with Gasteiger partial charge in [0.2, 0.25) is 0 Å². The Morgan fingerprint density at radius 1 is 1.27 bits per heavy atom. The van der Waals surface area contributed by atoms with E-state index in [1.807, 2.05) is 13.0 Å². The molecule has 1 amide bonds. The maximum atomic E-state index is 12.8. The summed E-state index contributed by atoms with van der Waals surface area (Å²) in [4.78, 5) is 12.8. The molecule has 2 aromatic rings. The third-order valence-corrected chi connectivity index (χ3v) is 6.10. The largest absolute Gasteiger partial charge is 0.390 e. The Labute approximate surface area is 182 Å². The Bertz CT molecular complexity index is 862. The standard InChI is InChI=1S/C22H31ClN4O3/c1-14-10-20(26-27(14)13-17(28)12-24)16-8-9-19(23)18(11-16)22(30)25-21(29)15-6-4-2-3-5-7-15/h8-11,15,17,21,28-29H,2-7,12-13,24H2,1H3,(H,25,30). The van der Waals surface area contributed by atoms with Crippen LogP contribution in [-0.4, -0.2) is 44.8 Å². The number of hydrogen-bond acceptors (Lipinski definition) is 5. The lowest BCUT2D eigenvalue weighted by Gasteiger charge is -2.22. The molecule has 0 saturated heterocycles. The van der Waals surface area contributed by atoms with Crippen molar-refractivity contribution >= 4 is 17.5 Å². The van der Waals surface area contributed by atoms with Crippen LogP contribution in [0.15, 0.2) is 24.3 Å². The van der Waals surface area contributed by atoms with Crippen LogP contribution >= 0.6 is 11.6 Å². The van der Waals surface area contributed by atoms with Gasteiger partial charge in [-0.2, -0.15) is 5.10 Å². The van der Waals surface area contributed by atoms with E-state index < -0.39 is 18.2 Å². The quantitative estimate of drug-likeness (QED) is 0.395. The highest BCUT2D eigenvalue weighted by atomic mass is 35.5. The number of aliphatic hydroxyl groups excluding tert-OH is 2. The smallest absolute Gasteiger partial charge is 0.254 e. The molecule has 0 spiro atoms. The van der Waals surface area contributed by atoms with E-state index in [0.29, 0.717) is 22.8 Å². The highest BCUT2D eigenvalue weighted by molar-refractivity contribution is 6.34. The number of nitrogens with two attached hydrogens (primary N) is 1. The average Bonchev–Trinajstić information content (AvgIpc) is 2.93. The van der Waals surface area contributed by atoms with Gasteiger partial charge in [0.25, 0.3) is 5.91 Å². The van der Waals surface area contributed by atoms with Crippen molar-refractivity contribution in [1.82, 2.24) is 15.1 Å². The van der Waals surface area contributed by atoms with Gasteiger partial charge in [0.1, 0.15) is 6.23 Å². The fourth-order valence-corrected chi connectivity index (χ4v) is 4.13. The van der Waals surface area contributed by atoms with Crippen LogP contribution in [-0.2, 0) is 6.54 Å². The van der Waals surface area contributed by atoms with Crippen molar-refractivity contribution in [2.45, 2.75) is 64.3 Å². The molecule has 1 aliphatic carbocycles. The molecular weight excluding hydrogens is 404 g/mol. The zero-order valence-corrected chi connectivity index (χ0v) is 18.1. The number of carbonyl (C=O) groups excluding carboxylic acids is 1. The summed E-state index contributed by atoms with van der Waals surface area (Å²) in [6, 6.07) is 7.02. The minimum Gasteiger partial charge on any atom is -0.390 e. The second kappa shape index (κ2) is 10.4. The Morgan fingerprint density at radius 2 is 1.97 bits per heavy atom. The van der Waals surface area contributed by atoms with Gasteiger partial charge >= 0.3 is 0 Å². The number of rotatable bonds is 7. The summed E-state index contributed by atoms with van der Waals surface area (Å²) in [6.45, 7) is 2.35. The van der Waals surface area contributed by atoms with Crippen molar-refractivity contribution in [3.63, 3.8) is 0 Å².